The minimum Gasteiger partial charge on any atom is -0.382 e. The van der Waals surface area contributed by atoms with Crippen LogP contribution >= 0.6 is 0 Å². The second-order valence-corrected chi connectivity index (χ2v) is 2.40. The molecule has 1 aromatic heterocycles. The summed E-state index contributed by atoms with van der Waals surface area (Å²) in [4.78, 5) is 0. The maximum absolute atomic E-state index is 11.9. The van der Waals surface area contributed by atoms with E-state index in [0.717, 1.165) is 0 Å². The number of alkyl halides is 3. The van der Waals surface area contributed by atoms with E-state index in [9.17, 15) is 13.2 Å². The summed E-state index contributed by atoms with van der Waals surface area (Å²) in [5, 5.41) is 10.3. The summed E-state index contributed by atoms with van der Waals surface area (Å²) in [6.45, 7) is -1.23. The van der Waals surface area contributed by atoms with Gasteiger partial charge >= 0.3 is 6.18 Å². The van der Waals surface area contributed by atoms with Crippen molar-refractivity contribution in [2.75, 3.05) is 0 Å². The SMILES string of the molecule is N=C(N)c1ccnn1CC(F)(F)F. The normalized spacial score (nSPS) is 11.6. The minimum atomic E-state index is -4.35. The molecule has 1 rings (SSSR count). The van der Waals surface area contributed by atoms with Crippen molar-refractivity contribution >= 4 is 5.84 Å². The number of halogens is 3. The van der Waals surface area contributed by atoms with Gasteiger partial charge in [0.2, 0.25) is 0 Å². The summed E-state index contributed by atoms with van der Waals surface area (Å²) in [5.41, 5.74) is 5.00. The van der Waals surface area contributed by atoms with E-state index in [0.29, 0.717) is 4.68 Å². The van der Waals surface area contributed by atoms with Crippen LogP contribution in [0, 0.1) is 5.41 Å². The van der Waals surface area contributed by atoms with Crippen LogP contribution < -0.4 is 5.73 Å². The summed E-state index contributed by atoms with van der Waals surface area (Å²) in [6, 6.07) is 1.26. The molecule has 0 aliphatic carbocycles. The van der Waals surface area contributed by atoms with Crippen molar-refractivity contribution in [1.29, 1.82) is 5.41 Å². The third-order valence-corrected chi connectivity index (χ3v) is 1.32. The summed E-state index contributed by atoms with van der Waals surface area (Å²) in [7, 11) is 0. The van der Waals surface area contributed by atoms with Crippen LogP contribution in [-0.4, -0.2) is 21.8 Å². The molecule has 0 spiro atoms. The maximum atomic E-state index is 11.9. The zero-order valence-corrected chi connectivity index (χ0v) is 6.47. The van der Waals surface area contributed by atoms with Crippen molar-refractivity contribution in [3.8, 4) is 0 Å². The third-order valence-electron chi connectivity index (χ3n) is 1.32. The van der Waals surface area contributed by atoms with Gasteiger partial charge in [0.25, 0.3) is 0 Å². The molecule has 0 amide bonds. The second kappa shape index (κ2) is 3.08. The number of nitrogens with one attached hydrogen (secondary N) is 1. The van der Waals surface area contributed by atoms with Gasteiger partial charge < -0.3 is 5.73 Å². The van der Waals surface area contributed by atoms with E-state index >= 15 is 0 Å². The van der Waals surface area contributed by atoms with Crippen molar-refractivity contribution in [1.82, 2.24) is 9.78 Å². The van der Waals surface area contributed by atoms with Gasteiger partial charge in [0.15, 0.2) is 0 Å². The Morgan fingerprint density at radius 1 is 1.62 bits per heavy atom. The summed E-state index contributed by atoms with van der Waals surface area (Å²) in [6.07, 6.45) is -3.18. The first kappa shape index (κ1) is 9.56. The lowest BCUT2D eigenvalue weighted by Crippen LogP contribution is -2.24. The van der Waals surface area contributed by atoms with Crippen LogP contribution in [0.3, 0.4) is 0 Å². The molecule has 0 saturated heterocycles. The van der Waals surface area contributed by atoms with Crippen LogP contribution in [0.15, 0.2) is 12.3 Å². The molecule has 7 heteroatoms. The number of hydrogen-bond acceptors (Lipinski definition) is 2. The lowest BCUT2D eigenvalue weighted by atomic mass is 10.4. The van der Waals surface area contributed by atoms with Crippen LogP contribution in [-0.2, 0) is 6.54 Å². The number of nitrogens with zero attached hydrogens (tertiary/aromatic N) is 2. The van der Waals surface area contributed by atoms with Crippen molar-refractivity contribution < 1.29 is 13.2 Å². The van der Waals surface area contributed by atoms with Gasteiger partial charge in [-0.3, -0.25) is 10.1 Å². The predicted octanol–water partition coefficient (Wildman–Crippen LogP) is 0.729. The van der Waals surface area contributed by atoms with Gasteiger partial charge in [-0.2, -0.15) is 18.3 Å². The molecule has 0 fully saturated rings. The monoisotopic (exact) mass is 192 g/mol. The molecule has 1 aromatic rings. The quantitative estimate of drug-likeness (QED) is 0.535. The Morgan fingerprint density at radius 3 is 2.69 bits per heavy atom. The Kier molecular flexibility index (Phi) is 2.26. The molecule has 13 heavy (non-hydrogen) atoms. The van der Waals surface area contributed by atoms with Gasteiger partial charge in [-0.05, 0) is 6.07 Å². The third kappa shape index (κ3) is 2.46. The van der Waals surface area contributed by atoms with Crippen LogP contribution in [0.5, 0.6) is 0 Å². The highest BCUT2D eigenvalue weighted by Gasteiger charge is 2.29. The van der Waals surface area contributed by atoms with Crippen LogP contribution in [0.2, 0.25) is 0 Å². The van der Waals surface area contributed by atoms with Gasteiger partial charge in [-0.1, -0.05) is 0 Å². The number of rotatable bonds is 2. The molecular formula is C6H7F3N4. The lowest BCUT2D eigenvalue weighted by Gasteiger charge is -2.08. The maximum Gasteiger partial charge on any atom is 0.408 e. The number of aromatic nitrogens is 2. The van der Waals surface area contributed by atoms with E-state index in [2.05, 4.69) is 5.10 Å². The van der Waals surface area contributed by atoms with Crippen molar-refractivity contribution in [2.45, 2.75) is 12.7 Å². The molecular weight excluding hydrogens is 185 g/mol. The first-order valence-electron chi connectivity index (χ1n) is 3.33. The van der Waals surface area contributed by atoms with E-state index in [4.69, 9.17) is 11.1 Å². The molecule has 0 aromatic carbocycles. The molecule has 0 atom stereocenters. The second-order valence-electron chi connectivity index (χ2n) is 2.40. The number of nitrogen functional groups attached to an aromatic ring is 1. The number of amidine groups is 1. The Balaban J connectivity index is 2.89. The molecule has 0 bridgehead atoms. The molecule has 1 heterocycles. The largest absolute Gasteiger partial charge is 0.408 e. The number of nitrogens with two attached hydrogens (primary N) is 1. The fourth-order valence-electron chi connectivity index (χ4n) is 0.857. The molecule has 72 valence electrons. The van der Waals surface area contributed by atoms with Crippen LogP contribution in [0.1, 0.15) is 5.69 Å². The smallest absolute Gasteiger partial charge is 0.382 e. The van der Waals surface area contributed by atoms with E-state index in [-0.39, 0.29) is 5.69 Å². The summed E-state index contributed by atoms with van der Waals surface area (Å²) >= 11 is 0. The van der Waals surface area contributed by atoms with Gasteiger partial charge in [0.05, 0.1) is 0 Å². The topological polar surface area (TPSA) is 67.7 Å². The van der Waals surface area contributed by atoms with Gasteiger partial charge in [0.1, 0.15) is 18.1 Å². The van der Waals surface area contributed by atoms with Crippen molar-refractivity contribution in [3.63, 3.8) is 0 Å². The highest BCUT2D eigenvalue weighted by molar-refractivity contribution is 5.93. The molecule has 4 nitrogen and oxygen atoms in total. The lowest BCUT2D eigenvalue weighted by molar-refractivity contribution is -0.142. The minimum absolute atomic E-state index is 0.0303. The fourth-order valence-corrected chi connectivity index (χ4v) is 0.857. The molecule has 0 unspecified atom stereocenters. The highest BCUT2D eigenvalue weighted by atomic mass is 19.4. The zero-order chi connectivity index (χ0) is 10.1. The van der Waals surface area contributed by atoms with Gasteiger partial charge in [-0.25, -0.2) is 0 Å². The standard InChI is InChI=1S/C6H7F3N4/c7-6(8,9)3-13-4(5(10)11)1-2-12-13/h1-2H,3H2,(H3,10,11). The Bertz CT molecular complexity index is 314. The molecule has 0 aliphatic rings. The van der Waals surface area contributed by atoms with Gasteiger partial charge in [-0.15, -0.1) is 0 Å². The highest BCUT2D eigenvalue weighted by Crippen LogP contribution is 2.17. The van der Waals surface area contributed by atoms with Crippen molar-refractivity contribution in [3.05, 3.63) is 18.0 Å². The van der Waals surface area contributed by atoms with Gasteiger partial charge in [0, 0.05) is 6.20 Å². The van der Waals surface area contributed by atoms with E-state index in [1.165, 1.54) is 12.3 Å². The van der Waals surface area contributed by atoms with E-state index in [1.54, 1.807) is 0 Å². The molecule has 0 radical (unpaired) electrons. The Labute approximate surface area is 71.7 Å². The first-order chi connectivity index (χ1) is 5.90. The Hall–Kier alpha value is -1.53. The van der Waals surface area contributed by atoms with Crippen LogP contribution in [0.25, 0.3) is 0 Å². The fraction of sp³-hybridized carbons (Fsp3) is 0.333. The van der Waals surface area contributed by atoms with E-state index < -0.39 is 18.6 Å². The molecule has 0 saturated carbocycles. The van der Waals surface area contributed by atoms with Crippen LogP contribution in [0.4, 0.5) is 13.2 Å². The molecule has 3 N–H and O–H groups in total. The predicted molar refractivity (Wildman–Crippen MR) is 39.3 cm³/mol. The Morgan fingerprint density at radius 2 is 2.23 bits per heavy atom. The first-order valence-corrected chi connectivity index (χ1v) is 3.33. The zero-order valence-electron chi connectivity index (χ0n) is 6.47. The molecule has 0 aliphatic heterocycles. The average Bonchev–Trinajstić information content (AvgIpc) is 2.31. The summed E-state index contributed by atoms with van der Waals surface area (Å²) < 4.78 is 36.3. The van der Waals surface area contributed by atoms with E-state index in [1.807, 2.05) is 0 Å². The average molecular weight is 192 g/mol. The number of hydrogen-bond donors (Lipinski definition) is 2. The van der Waals surface area contributed by atoms with Crippen molar-refractivity contribution in [2.24, 2.45) is 5.73 Å². The summed E-state index contributed by atoms with van der Waals surface area (Å²) in [5.74, 6) is -0.429.